The molecule has 2 aliphatic heterocycles. The summed E-state index contributed by atoms with van der Waals surface area (Å²) in [6.45, 7) is 2.62. The molecule has 2 atom stereocenters. The fourth-order valence-corrected chi connectivity index (χ4v) is 5.20. The maximum absolute atomic E-state index is 15.3. The van der Waals surface area contributed by atoms with Crippen molar-refractivity contribution >= 4 is 34.3 Å². The number of ether oxygens (including phenoxy) is 2. The van der Waals surface area contributed by atoms with Crippen LogP contribution in [0.25, 0.3) is 10.9 Å². The van der Waals surface area contributed by atoms with Gasteiger partial charge in [-0.15, -0.1) is 0 Å². The molecule has 1 saturated carbocycles. The second kappa shape index (κ2) is 6.83. The summed E-state index contributed by atoms with van der Waals surface area (Å²) in [5.41, 5.74) is 5.72. The van der Waals surface area contributed by atoms with E-state index in [1.54, 1.807) is 4.57 Å². The number of carboxylic acid groups (broad SMARTS) is 1. The van der Waals surface area contributed by atoms with E-state index in [1.807, 2.05) is 4.90 Å². The summed E-state index contributed by atoms with van der Waals surface area (Å²) in [7, 11) is 0. The number of halogens is 2. The highest BCUT2D eigenvalue weighted by atomic mass is 35.5. The van der Waals surface area contributed by atoms with E-state index in [4.69, 9.17) is 27.2 Å². The Morgan fingerprint density at radius 3 is 2.87 bits per heavy atom. The van der Waals surface area contributed by atoms with Crippen molar-refractivity contribution in [3.63, 3.8) is 0 Å². The highest BCUT2D eigenvalue weighted by Gasteiger charge is 2.50. The van der Waals surface area contributed by atoms with E-state index in [2.05, 4.69) is 4.74 Å². The molecular formula is C20H21ClFN3O5. The molecule has 2 unspecified atom stereocenters. The molecule has 1 aromatic carbocycles. The third-order valence-corrected chi connectivity index (χ3v) is 6.89. The first-order valence-corrected chi connectivity index (χ1v) is 10.2. The minimum Gasteiger partial charge on any atom is -0.449 e. The van der Waals surface area contributed by atoms with Crippen molar-refractivity contribution in [3.05, 3.63) is 33.3 Å². The van der Waals surface area contributed by atoms with Gasteiger partial charge in [0, 0.05) is 37.0 Å². The molecule has 2 aromatic rings. The molecule has 0 radical (unpaired) electrons. The van der Waals surface area contributed by atoms with E-state index < -0.39 is 17.4 Å². The number of nitrogens with zero attached hydrogens (tertiary/aromatic N) is 2. The Kier molecular flexibility index (Phi) is 4.46. The summed E-state index contributed by atoms with van der Waals surface area (Å²) < 4.78 is 27.2. The predicted octanol–water partition coefficient (Wildman–Crippen LogP) is 2.60. The molecule has 0 amide bonds. The summed E-state index contributed by atoms with van der Waals surface area (Å²) >= 11 is 6.72. The summed E-state index contributed by atoms with van der Waals surface area (Å²) in [6.07, 6.45) is 1.47. The Morgan fingerprint density at radius 1 is 1.47 bits per heavy atom. The van der Waals surface area contributed by atoms with E-state index in [0.29, 0.717) is 38.4 Å². The lowest BCUT2D eigenvalue weighted by Crippen LogP contribution is -2.38. The standard InChI is InChI=1S/C20H21ClFN3O5/c21-15-16-12(18(26)14(30-19(27)28)5-25(16)11-1-2-11)3-13(22)17(15)24-4-10-6-29-9-20(10,7-23)8-24/h3,5,10-11H,1-2,4,6-9,23H2,(H,27,28). The van der Waals surface area contributed by atoms with Gasteiger partial charge in [-0.3, -0.25) is 4.79 Å². The van der Waals surface area contributed by atoms with Gasteiger partial charge in [-0.2, -0.15) is 0 Å². The van der Waals surface area contributed by atoms with Crippen LogP contribution in [0.5, 0.6) is 5.75 Å². The van der Waals surface area contributed by atoms with Gasteiger partial charge in [0.15, 0.2) is 5.75 Å². The number of nitrogens with two attached hydrogens (primary N) is 1. The normalized spacial score (nSPS) is 25.7. The Morgan fingerprint density at radius 2 is 2.23 bits per heavy atom. The first kappa shape index (κ1) is 19.6. The van der Waals surface area contributed by atoms with Crippen LogP contribution in [0.4, 0.5) is 14.9 Å². The van der Waals surface area contributed by atoms with Crippen LogP contribution in [-0.4, -0.2) is 48.7 Å². The van der Waals surface area contributed by atoms with E-state index in [9.17, 15) is 9.59 Å². The van der Waals surface area contributed by atoms with Crippen molar-refractivity contribution < 1.29 is 23.8 Å². The fourth-order valence-electron chi connectivity index (χ4n) is 4.80. The van der Waals surface area contributed by atoms with Crippen molar-refractivity contribution in [1.29, 1.82) is 0 Å². The summed E-state index contributed by atoms with van der Waals surface area (Å²) in [6, 6.07) is 1.19. The molecule has 10 heteroatoms. The van der Waals surface area contributed by atoms with Gasteiger partial charge >= 0.3 is 6.16 Å². The second-order valence-corrected chi connectivity index (χ2v) is 8.78. The smallest absolute Gasteiger partial charge is 0.449 e. The zero-order valence-electron chi connectivity index (χ0n) is 16.1. The molecule has 0 spiro atoms. The van der Waals surface area contributed by atoms with Crippen molar-refractivity contribution in [2.24, 2.45) is 17.1 Å². The van der Waals surface area contributed by atoms with Gasteiger partial charge in [0.1, 0.15) is 5.82 Å². The Labute approximate surface area is 175 Å². The maximum Gasteiger partial charge on any atom is 0.511 e. The lowest BCUT2D eigenvalue weighted by molar-refractivity contribution is 0.143. The van der Waals surface area contributed by atoms with Crippen LogP contribution in [0, 0.1) is 17.2 Å². The highest BCUT2D eigenvalue weighted by Crippen LogP contribution is 2.47. The third-order valence-electron chi connectivity index (χ3n) is 6.53. The molecule has 3 N–H and O–H groups in total. The van der Waals surface area contributed by atoms with Crippen molar-refractivity contribution in [2.45, 2.75) is 18.9 Å². The Balaban J connectivity index is 1.68. The lowest BCUT2D eigenvalue weighted by Gasteiger charge is -2.27. The first-order valence-electron chi connectivity index (χ1n) is 9.85. The second-order valence-electron chi connectivity index (χ2n) is 8.41. The molecule has 8 nitrogen and oxygen atoms in total. The molecule has 0 bridgehead atoms. The van der Waals surface area contributed by atoms with Gasteiger partial charge < -0.3 is 29.8 Å². The number of anilines is 1. The van der Waals surface area contributed by atoms with Gasteiger partial charge in [0.25, 0.3) is 0 Å². The SMILES string of the molecule is NCC12COCC1CN(c1c(F)cc3c(=O)c(OC(=O)O)cn(C4CC4)c3c1Cl)C2. The largest absolute Gasteiger partial charge is 0.511 e. The van der Waals surface area contributed by atoms with Crippen molar-refractivity contribution in [1.82, 2.24) is 4.57 Å². The van der Waals surface area contributed by atoms with Crippen molar-refractivity contribution in [2.75, 3.05) is 37.7 Å². The van der Waals surface area contributed by atoms with E-state index in [0.717, 1.165) is 18.9 Å². The molecule has 5 rings (SSSR count). The molecule has 1 aliphatic carbocycles. The highest BCUT2D eigenvalue weighted by molar-refractivity contribution is 6.38. The van der Waals surface area contributed by atoms with Crippen LogP contribution in [0.15, 0.2) is 17.1 Å². The van der Waals surface area contributed by atoms with Gasteiger partial charge in [-0.05, 0) is 18.9 Å². The Hall–Kier alpha value is -2.36. The van der Waals surface area contributed by atoms with Crippen molar-refractivity contribution in [3.8, 4) is 5.75 Å². The zero-order valence-corrected chi connectivity index (χ0v) is 16.8. The third kappa shape index (κ3) is 2.87. The minimum atomic E-state index is -1.60. The number of hydrogen-bond acceptors (Lipinski definition) is 6. The molecule has 3 fully saturated rings. The number of benzene rings is 1. The molecule has 1 aromatic heterocycles. The number of fused-ring (bicyclic) bond motifs is 2. The minimum absolute atomic E-state index is 0.00293. The molecule has 3 heterocycles. The zero-order chi connectivity index (χ0) is 21.2. The van der Waals surface area contributed by atoms with Crippen LogP contribution in [-0.2, 0) is 4.74 Å². The van der Waals surface area contributed by atoms with Crippen LogP contribution in [0.3, 0.4) is 0 Å². The van der Waals surface area contributed by atoms with Gasteiger partial charge in [0.05, 0.1) is 41.0 Å². The Bertz CT molecular complexity index is 1120. The van der Waals surface area contributed by atoms with Gasteiger partial charge in [0.2, 0.25) is 5.43 Å². The average molecular weight is 438 g/mol. The quantitative estimate of drug-likeness (QED) is 0.708. The molecule has 3 aliphatic rings. The van der Waals surface area contributed by atoms with Crippen LogP contribution >= 0.6 is 11.6 Å². The van der Waals surface area contributed by atoms with Gasteiger partial charge in [-0.1, -0.05) is 11.6 Å². The van der Waals surface area contributed by atoms with E-state index in [1.165, 1.54) is 6.20 Å². The number of pyridine rings is 1. The van der Waals surface area contributed by atoms with Crippen LogP contribution < -0.4 is 20.8 Å². The molecular weight excluding hydrogens is 417 g/mol. The van der Waals surface area contributed by atoms with E-state index in [-0.39, 0.29) is 39.2 Å². The molecule has 160 valence electrons. The summed E-state index contributed by atoms with van der Waals surface area (Å²) in [4.78, 5) is 25.6. The molecule has 30 heavy (non-hydrogen) atoms. The number of aromatic nitrogens is 1. The fraction of sp³-hybridized carbons (Fsp3) is 0.500. The number of carbonyl (C=O) groups is 1. The monoisotopic (exact) mass is 437 g/mol. The first-order chi connectivity index (χ1) is 14.3. The summed E-state index contributed by atoms with van der Waals surface area (Å²) in [5.74, 6) is -0.807. The average Bonchev–Trinajstić information content (AvgIpc) is 3.36. The number of rotatable bonds is 4. The summed E-state index contributed by atoms with van der Waals surface area (Å²) in [5, 5.41) is 9.08. The van der Waals surface area contributed by atoms with Gasteiger partial charge in [-0.25, -0.2) is 9.18 Å². The lowest BCUT2D eigenvalue weighted by atomic mass is 9.81. The maximum atomic E-state index is 15.3. The van der Waals surface area contributed by atoms with Crippen LogP contribution in [0.1, 0.15) is 18.9 Å². The molecule has 2 saturated heterocycles. The topological polar surface area (TPSA) is 107 Å². The van der Waals surface area contributed by atoms with E-state index >= 15 is 4.39 Å². The predicted molar refractivity (Wildman–Crippen MR) is 108 cm³/mol. The van der Waals surface area contributed by atoms with Crippen LogP contribution in [0.2, 0.25) is 5.02 Å². The number of hydrogen-bond donors (Lipinski definition) is 2.